The quantitative estimate of drug-likeness (QED) is 0.511. The Morgan fingerprint density at radius 1 is 0.677 bits per heavy atom. The summed E-state index contributed by atoms with van der Waals surface area (Å²) in [5.74, 6) is -1.51. The monoisotopic (exact) mass is 411 g/mol. The third-order valence-corrected chi connectivity index (χ3v) is 7.20. The van der Waals surface area contributed by atoms with Gasteiger partial charge < -0.3 is 10.2 Å². The highest BCUT2D eigenvalue weighted by atomic mass is 16.3. The standard InChI is InChI=1S/C26H21NO4/c28-19-10-9-14(13-20(19)29)11-12-27-25(30)23-21-15-5-1-2-6-16(15)22(24(23)26(27)31)18-8-4-3-7-17(18)21/h1-10,13,21-24,28-29H,11-12H2. The second-order valence-corrected chi connectivity index (χ2v) is 8.67. The smallest absolute Gasteiger partial charge is 0.234 e. The van der Waals surface area contributed by atoms with Crippen molar-refractivity contribution in [3.63, 3.8) is 0 Å². The number of carbonyl (C=O) groups excluding carboxylic acids is 2. The number of phenols is 2. The summed E-state index contributed by atoms with van der Waals surface area (Å²) in [6.07, 6.45) is 0.431. The van der Waals surface area contributed by atoms with Crippen LogP contribution in [0.25, 0.3) is 0 Å². The molecular formula is C26H21NO4. The Bertz CT molecular complexity index is 1130. The van der Waals surface area contributed by atoms with Crippen LogP contribution in [0.1, 0.15) is 39.7 Å². The van der Waals surface area contributed by atoms with Gasteiger partial charge in [0.25, 0.3) is 0 Å². The lowest BCUT2D eigenvalue weighted by Gasteiger charge is -2.45. The predicted molar refractivity (Wildman–Crippen MR) is 114 cm³/mol. The molecule has 1 heterocycles. The summed E-state index contributed by atoms with van der Waals surface area (Å²) in [4.78, 5) is 28.4. The molecule has 3 aliphatic carbocycles. The van der Waals surface area contributed by atoms with Crippen molar-refractivity contribution in [2.45, 2.75) is 18.3 Å². The van der Waals surface area contributed by atoms with E-state index in [4.69, 9.17) is 0 Å². The molecule has 2 unspecified atom stereocenters. The number of aromatic hydroxyl groups is 2. The van der Waals surface area contributed by atoms with Gasteiger partial charge in [-0.25, -0.2) is 0 Å². The van der Waals surface area contributed by atoms with Crippen molar-refractivity contribution >= 4 is 11.8 Å². The fraction of sp³-hybridized carbons (Fsp3) is 0.231. The topological polar surface area (TPSA) is 77.8 Å². The van der Waals surface area contributed by atoms with Crippen LogP contribution in [0.4, 0.5) is 0 Å². The van der Waals surface area contributed by atoms with Crippen molar-refractivity contribution in [3.8, 4) is 11.5 Å². The maximum atomic E-state index is 13.5. The molecule has 0 radical (unpaired) electrons. The molecule has 0 aromatic heterocycles. The highest BCUT2D eigenvalue weighted by Crippen LogP contribution is 2.60. The van der Waals surface area contributed by atoms with Crippen LogP contribution in [-0.4, -0.2) is 33.5 Å². The Morgan fingerprint density at radius 2 is 1.16 bits per heavy atom. The lowest BCUT2D eigenvalue weighted by molar-refractivity contribution is -0.139. The van der Waals surface area contributed by atoms with Crippen LogP contribution in [0.3, 0.4) is 0 Å². The van der Waals surface area contributed by atoms with Crippen LogP contribution in [0.5, 0.6) is 11.5 Å². The highest BCUT2D eigenvalue weighted by Gasteiger charge is 2.61. The van der Waals surface area contributed by atoms with Crippen molar-refractivity contribution in [1.29, 1.82) is 0 Å². The minimum absolute atomic E-state index is 0.0958. The van der Waals surface area contributed by atoms with E-state index in [0.717, 1.165) is 5.56 Å². The summed E-state index contributed by atoms with van der Waals surface area (Å²) in [6.45, 7) is 0.265. The second-order valence-electron chi connectivity index (χ2n) is 8.67. The average Bonchev–Trinajstić information content (AvgIpc) is 3.05. The fourth-order valence-corrected chi connectivity index (χ4v) is 5.92. The number of nitrogens with zero attached hydrogens (tertiary/aromatic N) is 1. The van der Waals surface area contributed by atoms with Gasteiger partial charge in [-0.1, -0.05) is 54.6 Å². The summed E-state index contributed by atoms with van der Waals surface area (Å²) in [7, 11) is 0. The highest BCUT2D eigenvalue weighted by molar-refractivity contribution is 6.07. The van der Waals surface area contributed by atoms with Crippen LogP contribution in [0.15, 0.2) is 66.7 Å². The van der Waals surface area contributed by atoms with E-state index >= 15 is 0 Å². The first-order valence-corrected chi connectivity index (χ1v) is 10.6. The van der Waals surface area contributed by atoms with Crippen molar-refractivity contribution < 1.29 is 19.8 Å². The molecule has 1 fully saturated rings. The summed E-state index contributed by atoms with van der Waals surface area (Å²) in [5.41, 5.74) is 5.43. The molecular weight excluding hydrogens is 390 g/mol. The van der Waals surface area contributed by atoms with E-state index < -0.39 is 0 Å². The second kappa shape index (κ2) is 6.45. The van der Waals surface area contributed by atoms with Gasteiger partial charge in [0.1, 0.15) is 0 Å². The third-order valence-electron chi connectivity index (χ3n) is 7.20. The van der Waals surface area contributed by atoms with Gasteiger partial charge in [0.2, 0.25) is 11.8 Å². The van der Waals surface area contributed by atoms with Gasteiger partial charge in [0, 0.05) is 18.4 Å². The van der Waals surface area contributed by atoms with Gasteiger partial charge in [0.15, 0.2) is 11.5 Å². The van der Waals surface area contributed by atoms with Crippen molar-refractivity contribution in [3.05, 3.63) is 94.5 Å². The Labute approximate surface area is 179 Å². The van der Waals surface area contributed by atoms with E-state index in [2.05, 4.69) is 24.3 Å². The van der Waals surface area contributed by atoms with Crippen LogP contribution in [-0.2, 0) is 16.0 Å². The van der Waals surface area contributed by atoms with Gasteiger partial charge in [-0.2, -0.15) is 0 Å². The zero-order valence-corrected chi connectivity index (χ0v) is 16.7. The Hall–Kier alpha value is -3.60. The third kappa shape index (κ3) is 2.43. The molecule has 0 spiro atoms. The lowest BCUT2D eigenvalue weighted by Crippen LogP contribution is -2.41. The molecule has 154 valence electrons. The zero-order chi connectivity index (χ0) is 21.3. The molecule has 2 amide bonds. The van der Waals surface area contributed by atoms with E-state index in [1.807, 2.05) is 24.3 Å². The van der Waals surface area contributed by atoms with Gasteiger partial charge in [0.05, 0.1) is 11.8 Å². The summed E-state index contributed by atoms with van der Waals surface area (Å²) < 4.78 is 0. The number of rotatable bonds is 3. The van der Waals surface area contributed by atoms with E-state index in [9.17, 15) is 19.8 Å². The number of likely N-dealkylation sites (tertiary alicyclic amines) is 1. The number of carbonyl (C=O) groups is 2. The average molecular weight is 411 g/mol. The molecule has 3 aromatic carbocycles. The van der Waals surface area contributed by atoms with Crippen LogP contribution in [0, 0.1) is 11.8 Å². The molecule has 5 nitrogen and oxygen atoms in total. The Morgan fingerprint density at radius 3 is 1.61 bits per heavy atom. The minimum Gasteiger partial charge on any atom is -0.504 e. The molecule has 0 saturated carbocycles. The first-order chi connectivity index (χ1) is 15.1. The number of imide groups is 1. The van der Waals surface area contributed by atoms with Gasteiger partial charge in [-0.15, -0.1) is 0 Å². The zero-order valence-electron chi connectivity index (χ0n) is 16.7. The number of hydrogen-bond acceptors (Lipinski definition) is 4. The van der Waals surface area contributed by atoms with Crippen LogP contribution in [0.2, 0.25) is 0 Å². The molecule has 7 rings (SSSR count). The Balaban J connectivity index is 1.38. The molecule has 4 aliphatic rings. The van der Waals surface area contributed by atoms with Crippen molar-refractivity contribution in [2.24, 2.45) is 11.8 Å². The summed E-state index contributed by atoms with van der Waals surface area (Å²) in [5, 5.41) is 19.3. The minimum atomic E-state index is -0.365. The van der Waals surface area contributed by atoms with Gasteiger partial charge >= 0.3 is 0 Å². The maximum absolute atomic E-state index is 13.5. The molecule has 3 aromatic rings. The van der Waals surface area contributed by atoms with Crippen LogP contribution < -0.4 is 0 Å². The van der Waals surface area contributed by atoms with E-state index in [1.54, 1.807) is 6.07 Å². The molecule has 2 atom stereocenters. The lowest BCUT2D eigenvalue weighted by atomic mass is 9.55. The van der Waals surface area contributed by atoms with Crippen LogP contribution >= 0.6 is 0 Å². The fourth-order valence-electron chi connectivity index (χ4n) is 5.92. The molecule has 31 heavy (non-hydrogen) atoms. The van der Waals surface area contributed by atoms with Gasteiger partial charge in [-0.05, 0) is 46.4 Å². The molecule has 5 heteroatoms. The summed E-state index contributed by atoms with van der Waals surface area (Å²) >= 11 is 0. The van der Waals surface area contributed by atoms with E-state index in [0.29, 0.717) is 6.42 Å². The SMILES string of the molecule is O=C1C2C3c4ccccc4C(c4ccccc43)C2C(=O)N1CCc1ccc(O)c(O)c1. The first-order valence-electron chi connectivity index (χ1n) is 10.6. The molecule has 1 aliphatic heterocycles. The summed E-state index contributed by atoms with van der Waals surface area (Å²) in [6, 6.07) is 21.0. The normalized spacial score (nSPS) is 25.4. The number of phenolic OH excluding ortho intramolecular Hbond substituents is 2. The number of hydrogen-bond donors (Lipinski definition) is 2. The largest absolute Gasteiger partial charge is 0.504 e. The molecule has 2 N–H and O–H groups in total. The van der Waals surface area contributed by atoms with Crippen molar-refractivity contribution in [1.82, 2.24) is 4.90 Å². The number of amides is 2. The van der Waals surface area contributed by atoms with Gasteiger partial charge in [-0.3, -0.25) is 14.5 Å². The van der Waals surface area contributed by atoms with Crippen molar-refractivity contribution in [2.75, 3.05) is 6.54 Å². The maximum Gasteiger partial charge on any atom is 0.234 e. The number of benzene rings is 3. The van der Waals surface area contributed by atoms with E-state index in [-0.39, 0.29) is 53.5 Å². The van der Waals surface area contributed by atoms with E-state index in [1.165, 1.54) is 39.3 Å². The molecule has 1 saturated heterocycles. The first kappa shape index (κ1) is 18.2. The Kier molecular flexibility index (Phi) is 3.78. The predicted octanol–water partition coefficient (Wildman–Crippen LogP) is 3.53. The molecule has 2 bridgehead atoms.